The highest BCUT2D eigenvalue weighted by molar-refractivity contribution is 5.73. The summed E-state index contributed by atoms with van der Waals surface area (Å²) in [5.74, 6) is 0. The molecule has 0 saturated heterocycles. The van der Waals surface area contributed by atoms with Crippen molar-refractivity contribution in [2.45, 2.75) is 20.3 Å². The maximum atomic E-state index is 5.72. The van der Waals surface area contributed by atoms with Gasteiger partial charge >= 0.3 is 0 Å². The molecule has 2 N–H and O–H groups in total. The van der Waals surface area contributed by atoms with E-state index < -0.39 is 0 Å². The van der Waals surface area contributed by atoms with Crippen molar-refractivity contribution in [1.29, 1.82) is 0 Å². The first kappa shape index (κ1) is 11.0. The van der Waals surface area contributed by atoms with Gasteiger partial charge in [0.2, 0.25) is 0 Å². The first-order chi connectivity index (χ1) is 7.61. The normalized spacial score (nSPS) is 11.9. The van der Waals surface area contributed by atoms with Crippen LogP contribution in [-0.2, 0) is 6.42 Å². The van der Waals surface area contributed by atoms with Crippen LogP contribution in [-0.4, -0.2) is 16.5 Å². The average Bonchev–Trinajstić information content (AvgIpc) is 2.28. The Bertz CT molecular complexity index is 491. The molecule has 0 saturated carbocycles. The lowest BCUT2D eigenvalue weighted by atomic mass is 9.88. The Morgan fingerprint density at radius 2 is 1.88 bits per heavy atom. The Morgan fingerprint density at radius 1 is 1.19 bits per heavy atom. The molecule has 2 rings (SSSR count). The molecule has 3 heteroatoms. The molecule has 0 spiro atoms. The number of nitrogens with two attached hydrogens (primary N) is 1. The van der Waals surface area contributed by atoms with Gasteiger partial charge in [0, 0.05) is 6.20 Å². The van der Waals surface area contributed by atoms with E-state index in [4.69, 9.17) is 5.73 Å². The summed E-state index contributed by atoms with van der Waals surface area (Å²) >= 11 is 0. The summed E-state index contributed by atoms with van der Waals surface area (Å²) in [6, 6.07) is 7.91. The largest absolute Gasteiger partial charge is 0.330 e. The van der Waals surface area contributed by atoms with Gasteiger partial charge < -0.3 is 5.73 Å². The van der Waals surface area contributed by atoms with Gasteiger partial charge in [0.1, 0.15) is 0 Å². The van der Waals surface area contributed by atoms with Crippen molar-refractivity contribution >= 4 is 11.0 Å². The van der Waals surface area contributed by atoms with Gasteiger partial charge in [-0.3, -0.25) is 4.98 Å². The number of nitrogens with zero attached hydrogens (tertiary/aromatic N) is 2. The van der Waals surface area contributed by atoms with Gasteiger partial charge in [-0.25, -0.2) is 4.98 Å². The fraction of sp³-hybridized carbons (Fsp3) is 0.385. The fourth-order valence-electron chi connectivity index (χ4n) is 1.64. The van der Waals surface area contributed by atoms with E-state index in [0.717, 1.165) is 23.1 Å². The zero-order valence-electron chi connectivity index (χ0n) is 9.77. The third-order valence-electron chi connectivity index (χ3n) is 2.71. The molecular formula is C13H17N3. The lowest BCUT2D eigenvalue weighted by Crippen LogP contribution is -2.26. The predicted octanol–water partition coefficient (Wildman–Crippen LogP) is 2.16. The van der Waals surface area contributed by atoms with E-state index in [2.05, 4.69) is 23.8 Å². The molecule has 0 aliphatic rings. The fourth-order valence-corrected chi connectivity index (χ4v) is 1.64. The van der Waals surface area contributed by atoms with Gasteiger partial charge in [-0.2, -0.15) is 0 Å². The Kier molecular flexibility index (Phi) is 2.88. The molecule has 0 fully saturated rings. The summed E-state index contributed by atoms with van der Waals surface area (Å²) < 4.78 is 0. The van der Waals surface area contributed by atoms with Crippen LogP contribution < -0.4 is 5.73 Å². The van der Waals surface area contributed by atoms with E-state index in [1.165, 1.54) is 0 Å². The molecule has 3 nitrogen and oxygen atoms in total. The zero-order chi connectivity index (χ0) is 11.6. The highest BCUT2D eigenvalue weighted by Crippen LogP contribution is 2.19. The van der Waals surface area contributed by atoms with E-state index >= 15 is 0 Å². The second kappa shape index (κ2) is 4.18. The van der Waals surface area contributed by atoms with Crippen LogP contribution in [0.2, 0.25) is 0 Å². The third-order valence-corrected chi connectivity index (χ3v) is 2.71. The molecule has 1 aromatic heterocycles. The molecule has 0 atom stereocenters. The van der Waals surface area contributed by atoms with Gasteiger partial charge in [0.25, 0.3) is 0 Å². The van der Waals surface area contributed by atoms with Crippen LogP contribution >= 0.6 is 0 Å². The zero-order valence-corrected chi connectivity index (χ0v) is 9.77. The number of rotatable bonds is 3. The second-order valence-electron chi connectivity index (χ2n) is 4.90. The molecule has 0 aliphatic carbocycles. The van der Waals surface area contributed by atoms with Crippen molar-refractivity contribution in [3.63, 3.8) is 0 Å². The van der Waals surface area contributed by atoms with Crippen LogP contribution in [0.4, 0.5) is 0 Å². The monoisotopic (exact) mass is 215 g/mol. The molecule has 16 heavy (non-hydrogen) atoms. The van der Waals surface area contributed by atoms with E-state index in [1.54, 1.807) is 0 Å². The standard InChI is InChI=1S/C13H17N3/c1-13(2,9-14)7-10-8-15-11-5-3-4-6-12(11)16-10/h3-6,8H,7,9,14H2,1-2H3. The Labute approximate surface area is 95.7 Å². The molecule has 0 bridgehead atoms. The lowest BCUT2D eigenvalue weighted by Gasteiger charge is -2.21. The van der Waals surface area contributed by atoms with Crippen molar-refractivity contribution in [1.82, 2.24) is 9.97 Å². The van der Waals surface area contributed by atoms with E-state index in [0.29, 0.717) is 6.54 Å². The van der Waals surface area contributed by atoms with Crippen LogP contribution in [0, 0.1) is 5.41 Å². The Balaban J connectivity index is 2.33. The van der Waals surface area contributed by atoms with Crippen LogP contribution in [0.3, 0.4) is 0 Å². The van der Waals surface area contributed by atoms with E-state index in [9.17, 15) is 0 Å². The molecule has 0 unspecified atom stereocenters. The summed E-state index contributed by atoms with van der Waals surface area (Å²) in [7, 11) is 0. The van der Waals surface area contributed by atoms with Crippen LogP contribution in [0.1, 0.15) is 19.5 Å². The number of para-hydroxylation sites is 2. The molecule has 2 aromatic rings. The minimum atomic E-state index is 0.0805. The highest BCUT2D eigenvalue weighted by Gasteiger charge is 2.17. The summed E-state index contributed by atoms with van der Waals surface area (Å²) in [5, 5.41) is 0. The highest BCUT2D eigenvalue weighted by atomic mass is 14.8. The van der Waals surface area contributed by atoms with Crippen LogP contribution in [0.25, 0.3) is 11.0 Å². The van der Waals surface area contributed by atoms with Gasteiger partial charge in [-0.1, -0.05) is 26.0 Å². The molecule has 1 heterocycles. The number of hydrogen-bond acceptors (Lipinski definition) is 3. The first-order valence-electron chi connectivity index (χ1n) is 5.51. The topological polar surface area (TPSA) is 51.8 Å². The summed E-state index contributed by atoms with van der Waals surface area (Å²) in [5.41, 5.74) is 8.70. The minimum Gasteiger partial charge on any atom is -0.330 e. The number of fused-ring (bicyclic) bond motifs is 1. The Morgan fingerprint density at radius 3 is 2.56 bits per heavy atom. The summed E-state index contributed by atoms with van der Waals surface area (Å²) in [6.07, 6.45) is 2.71. The van der Waals surface area contributed by atoms with Gasteiger partial charge in [0.15, 0.2) is 0 Å². The Hall–Kier alpha value is -1.48. The number of aromatic nitrogens is 2. The van der Waals surface area contributed by atoms with E-state index in [1.807, 2.05) is 30.5 Å². The van der Waals surface area contributed by atoms with Crippen LogP contribution in [0.5, 0.6) is 0 Å². The molecule has 1 aromatic carbocycles. The lowest BCUT2D eigenvalue weighted by molar-refractivity contribution is 0.372. The maximum Gasteiger partial charge on any atom is 0.0890 e. The van der Waals surface area contributed by atoms with Gasteiger partial charge in [-0.15, -0.1) is 0 Å². The average molecular weight is 215 g/mol. The van der Waals surface area contributed by atoms with Crippen molar-refractivity contribution in [2.75, 3.05) is 6.54 Å². The number of benzene rings is 1. The second-order valence-corrected chi connectivity index (χ2v) is 4.90. The quantitative estimate of drug-likeness (QED) is 0.853. The predicted molar refractivity (Wildman–Crippen MR) is 66.1 cm³/mol. The van der Waals surface area contributed by atoms with Gasteiger partial charge in [0.05, 0.1) is 16.7 Å². The van der Waals surface area contributed by atoms with Crippen molar-refractivity contribution in [2.24, 2.45) is 11.1 Å². The summed E-state index contributed by atoms with van der Waals surface area (Å²) in [6.45, 7) is 4.94. The van der Waals surface area contributed by atoms with E-state index in [-0.39, 0.29) is 5.41 Å². The van der Waals surface area contributed by atoms with Crippen molar-refractivity contribution in [3.05, 3.63) is 36.2 Å². The molecule has 0 aliphatic heterocycles. The van der Waals surface area contributed by atoms with Crippen LogP contribution in [0.15, 0.2) is 30.5 Å². The summed E-state index contributed by atoms with van der Waals surface area (Å²) in [4.78, 5) is 8.99. The van der Waals surface area contributed by atoms with Crippen molar-refractivity contribution in [3.8, 4) is 0 Å². The smallest absolute Gasteiger partial charge is 0.0890 e. The molecule has 84 valence electrons. The minimum absolute atomic E-state index is 0.0805. The number of hydrogen-bond donors (Lipinski definition) is 1. The molecule has 0 radical (unpaired) electrons. The van der Waals surface area contributed by atoms with Crippen molar-refractivity contribution < 1.29 is 0 Å². The third kappa shape index (κ3) is 2.36. The molecule has 0 amide bonds. The SMILES string of the molecule is CC(C)(CN)Cc1cnc2ccccc2n1. The van der Waals surface area contributed by atoms with Gasteiger partial charge in [-0.05, 0) is 30.5 Å². The first-order valence-corrected chi connectivity index (χ1v) is 5.51. The maximum absolute atomic E-state index is 5.72. The molecular weight excluding hydrogens is 198 g/mol.